The lowest BCUT2D eigenvalue weighted by molar-refractivity contribution is -0.141. The van der Waals surface area contributed by atoms with Gasteiger partial charge in [-0.3, -0.25) is 9.59 Å². The van der Waals surface area contributed by atoms with Crippen LogP contribution in [0.15, 0.2) is 0 Å². The van der Waals surface area contributed by atoms with Gasteiger partial charge in [-0.25, -0.2) is 0 Å². The summed E-state index contributed by atoms with van der Waals surface area (Å²) in [6.07, 6.45) is 1.91. The van der Waals surface area contributed by atoms with Crippen LogP contribution in [0.1, 0.15) is 33.1 Å². The van der Waals surface area contributed by atoms with Gasteiger partial charge in [0, 0.05) is 12.6 Å². The zero-order valence-corrected chi connectivity index (χ0v) is 9.82. The Hall–Kier alpha value is -1.10. The number of nitrogens with one attached hydrogen (secondary N) is 1. The molecule has 4 N–H and O–H groups in total. The maximum absolute atomic E-state index is 11.8. The third-order valence-corrected chi connectivity index (χ3v) is 3.24. The lowest BCUT2D eigenvalue weighted by Crippen LogP contribution is -2.45. The molecule has 1 fully saturated rings. The summed E-state index contributed by atoms with van der Waals surface area (Å²) in [5, 5.41) is 11.7. The van der Waals surface area contributed by atoms with Gasteiger partial charge in [0.1, 0.15) is 0 Å². The Kier molecular flexibility index (Phi) is 3.91. The molecule has 0 radical (unpaired) electrons. The van der Waals surface area contributed by atoms with Crippen molar-refractivity contribution >= 4 is 11.9 Å². The molecule has 16 heavy (non-hydrogen) atoms. The van der Waals surface area contributed by atoms with Gasteiger partial charge in [-0.05, 0) is 33.1 Å². The van der Waals surface area contributed by atoms with E-state index in [0.29, 0.717) is 12.8 Å². The number of carboxylic acids is 1. The van der Waals surface area contributed by atoms with Crippen molar-refractivity contribution in [1.82, 2.24) is 5.32 Å². The predicted octanol–water partition coefficient (Wildman–Crippen LogP) is 0.341. The summed E-state index contributed by atoms with van der Waals surface area (Å²) in [6, 6.07) is -0.0144. The molecule has 1 rings (SSSR count). The van der Waals surface area contributed by atoms with E-state index >= 15 is 0 Å². The zero-order valence-electron chi connectivity index (χ0n) is 9.82. The van der Waals surface area contributed by atoms with Crippen LogP contribution in [0.3, 0.4) is 0 Å². The van der Waals surface area contributed by atoms with Crippen molar-refractivity contribution in [2.75, 3.05) is 6.54 Å². The third-order valence-electron chi connectivity index (χ3n) is 3.24. The summed E-state index contributed by atoms with van der Waals surface area (Å²) in [5.41, 5.74) is 4.92. The van der Waals surface area contributed by atoms with Gasteiger partial charge in [0.25, 0.3) is 0 Å². The van der Waals surface area contributed by atoms with Gasteiger partial charge < -0.3 is 16.2 Å². The molecule has 92 valence electrons. The maximum Gasteiger partial charge on any atom is 0.306 e. The molecule has 5 heteroatoms. The molecular formula is C11H20N2O3. The Labute approximate surface area is 95.4 Å². The first-order valence-corrected chi connectivity index (χ1v) is 5.60. The van der Waals surface area contributed by atoms with Gasteiger partial charge in [0.15, 0.2) is 0 Å². The summed E-state index contributed by atoms with van der Waals surface area (Å²) in [7, 11) is 0. The van der Waals surface area contributed by atoms with Crippen LogP contribution >= 0.6 is 0 Å². The first-order chi connectivity index (χ1) is 7.36. The van der Waals surface area contributed by atoms with Crippen LogP contribution in [0.2, 0.25) is 0 Å². The molecule has 0 bridgehead atoms. The van der Waals surface area contributed by atoms with Crippen LogP contribution in [0.4, 0.5) is 0 Å². The summed E-state index contributed by atoms with van der Waals surface area (Å²) in [4.78, 5) is 22.5. The summed E-state index contributed by atoms with van der Waals surface area (Å²) < 4.78 is 0. The van der Waals surface area contributed by atoms with Gasteiger partial charge in [-0.15, -0.1) is 0 Å². The average molecular weight is 228 g/mol. The highest BCUT2D eigenvalue weighted by molar-refractivity contribution is 5.82. The number of carbonyl (C=O) groups excluding carboxylic acids is 1. The molecule has 1 saturated carbocycles. The number of hydrogen-bond acceptors (Lipinski definition) is 3. The maximum atomic E-state index is 11.8. The second kappa shape index (κ2) is 4.82. The van der Waals surface area contributed by atoms with Crippen molar-refractivity contribution in [3.63, 3.8) is 0 Å². The summed E-state index contributed by atoms with van der Waals surface area (Å²) in [6.45, 7) is 3.85. The van der Waals surface area contributed by atoms with Crippen LogP contribution in [-0.2, 0) is 9.59 Å². The minimum absolute atomic E-state index is 0.0144. The molecule has 1 aliphatic rings. The van der Waals surface area contributed by atoms with E-state index in [1.165, 1.54) is 0 Å². The van der Waals surface area contributed by atoms with E-state index in [9.17, 15) is 9.59 Å². The number of carboxylic acid groups (broad SMARTS) is 1. The second-order valence-corrected chi connectivity index (χ2v) is 5.11. The van der Waals surface area contributed by atoms with Gasteiger partial charge in [-0.2, -0.15) is 0 Å². The van der Waals surface area contributed by atoms with E-state index in [1.807, 2.05) is 0 Å². The highest BCUT2D eigenvalue weighted by Crippen LogP contribution is 2.26. The molecule has 0 aromatic rings. The van der Waals surface area contributed by atoms with E-state index in [0.717, 1.165) is 6.42 Å². The SMILES string of the molecule is CC(C)(CN)C(=O)NC1CCC(C(=O)O)C1. The Balaban J connectivity index is 2.46. The number of amides is 1. The van der Waals surface area contributed by atoms with Crippen LogP contribution in [0, 0.1) is 11.3 Å². The topological polar surface area (TPSA) is 92.4 Å². The molecule has 2 unspecified atom stereocenters. The van der Waals surface area contributed by atoms with Crippen LogP contribution < -0.4 is 11.1 Å². The molecule has 1 aliphatic carbocycles. The monoisotopic (exact) mass is 228 g/mol. The lowest BCUT2D eigenvalue weighted by Gasteiger charge is -2.24. The lowest BCUT2D eigenvalue weighted by atomic mass is 9.92. The Morgan fingerprint density at radius 2 is 2.06 bits per heavy atom. The fourth-order valence-electron chi connectivity index (χ4n) is 1.81. The molecule has 1 amide bonds. The molecule has 0 aliphatic heterocycles. The average Bonchev–Trinajstić information content (AvgIpc) is 2.66. The van der Waals surface area contributed by atoms with Crippen LogP contribution in [0.5, 0.6) is 0 Å². The van der Waals surface area contributed by atoms with Gasteiger partial charge in [0.05, 0.1) is 11.3 Å². The van der Waals surface area contributed by atoms with Gasteiger partial charge in [0.2, 0.25) is 5.91 Å². The quantitative estimate of drug-likeness (QED) is 0.647. The molecule has 0 saturated heterocycles. The molecule has 0 spiro atoms. The molecule has 5 nitrogen and oxygen atoms in total. The van der Waals surface area contributed by atoms with Crippen molar-refractivity contribution in [3.8, 4) is 0 Å². The third kappa shape index (κ3) is 2.95. The number of aliphatic carboxylic acids is 1. The number of hydrogen-bond donors (Lipinski definition) is 3. The zero-order chi connectivity index (χ0) is 12.3. The Morgan fingerprint density at radius 3 is 2.50 bits per heavy atom. The molecule has 2 atom stereocenters. The van der Waals surface area contributed by atoms with Gasteiger partial charge >= 0.3 is 5.97 Å². The molecule has 0 heterocycles. The van der Waals surface area contributed by atoms with E-state index in [1.54, 1.807) is 13.8 Å². The van der Waals surface area contributed by atoms with Crippen LogP contribution in [-0.4, -0.2) is 29.6 Å². The van der Waals surface area contributed by atoms with E-state index in [-0.39, 0.29) is 24.4 Å². The van der Waals surface area contributed by atoms with Crippen molar-refractivity contribution in [2.45, 2.75) is 39.2 Å². The summed E-state index contributed by atoms with van der Waals surface area (Å²) in [5.74, 6) is -1.17. The fraction of sp³-hybridized carbons (Fsp3) is 0.818. The molecular weight excluding hydrogens is 208 g/mol. The van der Waals surface area contributed by atoms with Crippen molar-refractivity contribution in [2.24, 2.45) is 17.1 Å². The number of carbonyl (C=O) groups is 2. The highest BCUT2D eigenvalue weighted by Gasteiger charge is 2.33. The first kappa shape index (κ1) is 13.0. The molecule has 0 aromatic carbocycles. The highest BCUT2D eigenvalue weighted by atomic mass is 16.4. The van der Waals surface area contributed by atoms with E-state index < -0.39 is 11.4 Å². The standard InChI is InChI=1S/C11H20N2O3/c1-11(2,6-12)10(16)13-8-4-3-7(5-8)9(14)15/h7-8H,3-6,12H2,1-2H3,(H,13,16)(H,14,15). The first-order valence-electron chi connectivity index (χ1n) is 5.60. The minimum atomic E-state index is -0.769. The predicted molar refractivity (Wildman–Crippen MR) is 59.7 cm³/mol. The second-order valence-electron chi connectivity index (χ2n) is 5.11. The molecule has 0 aromatic heterocycles. The Bertz CT molecular complexity index is 289. The van der Waals surface area contributed by atoms with E-state index in [4.69, 9.17) is 10.8 Å². The van der Waals surface area contributed by atoms with Crippen molar-refractivity contribution in [1.29, 1.82) is 0 Å². The normalized spacial score (nSPS) is 25.4. The fourth-order valence-corrected chi connectivity index (χ4v) is 1.81. The smallest absolute Gasteiger partial charge is 0.306 e. The van der Waals surface area contributed by atoms with Crippen molar-refractivity contribution in [3.05, 3.63) is 0 Å². The minimum Gasteiger partial charge on any atom is -0.481 e. The summed E-state index contributed by atoms with van der Waals surface area (Å²) >= 11 is 0. The van der Waals surface area contributed by atoms with Crippen molar-refractivity contribution < 1.29 is 14.7 Å². The van der Waals surface area contributed by atoms with E-state index in [2.05, 4.69) is 5.32 Å². The van der Waals surface area contributed by atoms with Crippen LogP contribution in [0.25, 0.3) is 0 Å². The largest absolute Gasteiger partial charge is 0.481 e. The van der Waals surface area contributed by atoms with Gasteiger partial charge in [-0.1, -0.05) is 0 Å². The number of rotatable bonds is 4. The Morgan fingerprint density at radius 1 is 1.44 bits per heavy atom. The number of nitrogens with two attached hydrogens (primary N) is 1.